The van der Waals surface area contributed by atoms with Crippen molar-refractivity contribution in [3.05, 3.63) is 35.9 Å². The molecule has 3 nitrogen and oxygen atoms in total. The molecule has 1 aromatic rings. The van der Waals surface area contributed by atoms with E-state index in [4.69, 9.17) is 5.21 Å². The lowest BCUT2D eigenvalue weighted by atomic mass is 9.80. The van der Waals surface area contributed by atoms with E-state index in [1.807, 2.05) is 0 Å². The summed E-state index contributed by atoms with van der Waals surface area (Å²) < 4.78 is 0. The van der Waals surface area contributed by atoms with Gasteiger partial charge in [0.25, 0.3) is 0 Å². The summed E-state index contributed by atoms with van der Waals surface area (Å²) in [6, 6.07) is 10.6. The Morgan fingerprint density at radius 3 is 2.83 bits per heavy atom. The van der Waals surface area contributed by atoms with Gasteiger partial charge in [0.2, 0.25) is 0 Å². The summed E-state index contributed by atoms with van der Waals surface area (Å²) in [5.74, 6) is 1.20. The maximum absolute atomic E-state index is 9.08. The summed E-state index contributed by atoms with van der Waals surface area (Å²) in [5, 5.41) is 12.6. The van der Waals surface area contributed by atoms with Crippen molar-refractivity contribution in [3.63, 3.8) is 0 Å². The minimum atomic E-state index is 0.493. The summed E-state index contributed by atoms with van der Waals surface area (Å²) in [7, 11) is 0. The molecule has 0 unspecified atom stereocenters. The molecule has 0 amide bonds. The molecule has 0 bridgehead atoms. The van der Waals surface area contributed by atoms with Crippen molar-refractivity contribution in [1.29, 1.82) is 0 Å². The normalized spacial score (nSPS) is 30.6. The number of hydrogen-bond acceptors (Lipinski definition) is 3. The van der Waals surface area contributed by atoms with Crippen molar-refractivity contribution in [3.8, 4) is 0 Å². The van der Waals surface area contributed by atoms with E-state index in [1.54, 1.807) is 0 Å². The van der Waals surface area contributed by atoms with Crippen molar-refractivity contribution >= 4 is 5.71 Å². The first-order valence-electron chi connectivity index (χ1n) is 6.84. The zero-order valence-electron chi connectivity index (χ0n) is 10.6. The fourth-order valence-corrected chi connectivity index (χ4v) is 3.46. The Morgan fingerprint density at radius 1 is 1.22 bits per heavy atom. The van der Waals surface area contributed by atoms with E-state index in [0.717, 1.165) is 31.8 Å². The number of benzene rings is 1. The fraction of sp³-hybridized carbons (Fsp3) is 0.533. The highest BCUT2D eigenvalue weighted by molar-refractivity contribution is 5.87. The summed E-state index contributed by atoms with van der Waals surface area (Å²) in [6.45, 7) is 3.23. The van der Waals surface area contributed by atoms with Gasteiger partial charge in [0, 0.05) is 25.6 Å². The molecule has 1 aromatic carbocycles. The molecular formula is C15H20N2O. The van der Waals surface area contributed by atoms with Gasteiger partial charge < -0.3 is 5.21 Å². The van der Waals surface area contributed by atoms with Crippen LogP contribution in [0, 0.1) is 11.8 Å². The monoisotopic (exact) mass is 244 g/mol. The average molecular weight is 244 g/mol. The number of rotatable bonds is 2. The minimum absolute atomic E-state index is 0.493. The van der Waals surface area contributed by atoms with Crippen molar-refractivity contribution in [2.75, 3.05) is 13.1 Å². The highest BCUT2D eigenvalue weighted by Gasteiger charge is 2.38. The van der Waals surface area contributed by atoms with Crippen LogP contribution in [0.3, 0.4) is 0 Å². The van der Waals surface area contributed by atoms with Crippen LogP contribution in [-0.4, -0.2) is 28.9 Å². The zero-order chi connectivity index (χ0) is 12.4. The summed E-state index contributed by atoms with van der Waals surface area (Å²) in [5.41, 5.74) is 2.40. The molecule has 96 valence electrons. The van der Waals surface area contributed by atoms with E-state index in [0.29, 0.717) is 11.8 Å². The highest BCUT2D eigenvalue weighted by Crippen LogP contribution is 2.35. The first-order chi connectivity index (χ1) is 8.86. The highest BCUT2D eigenvalue weighted by atomic mass is 16.4. The molecule has 3 heteroatoms. The average Bonchev–Trinajstić information content (AvgIpc) is 2.82. The molecule has 1 heterocycles. The second kappa shape index (κ2) is 5.11. The van der Waals surface area contributed by atoms with Gasteiger partial charge in [-0.1, -0.05) is 35.5 Å². The van der Waals surface area contributed by atoms with E-state index in [1.165, 1.54) is 18.4 Å². The van der Waals surface area contributed by atoms with Crippen molar-refractivity contribution in [1.82, 2.24) is 4.90 Å². The van der Waals surface area contributed by atoms with Crippen molar-refractivity contribution in [2.45, 2.75) is 25.8 Å². The van der Waals surface area contributed by atoms with Gasteiger partial charge in [0.1, 0.15) is 0 Å². The maximum Gasteiger partial charge on any atom is 0.0617 e. The minimum Gasteiger partial charge on any atom is -0.411 e. The molecular weight excluding hydrogens is 224 g/mol. The third kappa shape index (κ3) is 2.27. The number of hydrogen-bond donors (Lipinski definition) is 1. The molecule has 1 saturated heterocycles. The Morgan fingerprint density at radius 2 is 2.06 bits per heavy atom. The predicted molar refractivity (Wildman–Crippen MR) is 71.8 cm³/mol. The smallest absolute Gasteiger partial charge is 0.0617 e. The van der Waals surface area contributed by atoms with Gasteiger partial charge in [-0.2, -0.15) is 0 Å². The van der Waals surface area contributed by atoms with E-state index in [2.05, 4.69) is 40.4 Å². The standard InChI is InChI=1S/C15H20N2O/c18-16-15-8-4-7-13-10-17(11-14(13)15)9-12-5-2-1-3-6-12/h1-3,5-6,13-14,18H,4,7-11H2/b16-15+/t13-,14+/m0/s1. The molecule has 2 fully saturated rings. The summed E-state index contributed by atoms with van der Waals surface area (Å²) in [4.78, 5) is 2.50. The molecule has 0 aromatic heterocycles. The van der Waals surface area contributed by atoms with Gasteiger partial charge in [-0.15, -0.1) is 0 Å². The molecule has 2 aliphatic rings. The lowest BCUT2D eigenvalue weighted by molar-refractivity contribution is 0.304. The maximum atomic E-state index is 9.08. The van der Waals surface area contributed by atoms with Gasteiger partial charge in [-0.05, 0) is 30.7 Å². The Kier molecular flexibility index (Phi) is 3.33. The van der Waals surface area contributed by atoms with Gasteiger partial charge in [-0.25, -0.2) is 0 Å². The molecule has 2 atom stereocenters. The van der Waals surface area contributed by atoms with Gasteiger partial charge >= 0.3 is 0 Å². The predicted octanol–water partition coefficient (Wildman–Crippen LogP) is 2.75. The van der Waals surface area contributed by atoms with E-state index >= 15 is 0 Å². The first-order valence-corrected chi connectivity index (χ1v) is 6.84. The third-order valence-corrected chi connectivity index (χ3v) is 4.33. The number of nitrogens with zero attached hydrogens (tertiary/aromatic N) is 2. The Hall–Kier alpha value is -1.35. The van der Waals surface area contributed by atoms with Gasteiger partial charge in [0.05, 0.1) is 5.71 Å². The lowest BCUT2D eigenvalue weighted by Crippen LogP contribution is -2.27. The molecule has 0 radical (unpaired) electrons. The second-order valence-corrected chi connectivity index (χ2v) is 5.53. The zero-order valence-corrected chi connectivity index (χ0v) is 10.6. The number of fused-ring (bicyclic) bond motifs is 1. The quantitative estimate of drug-likeness (QED) is 0.641. The van der Waals surface area contributed by atoms with Crippen LogP contribution in [0.4, 0.5) is 0 Å². The molecule has 18 heavy (non-hydrogen) atoms. The van der Waals surface area contributed by atoms with Gasteiger partial charge in [-0.3, -0.25) is 4.90 Å². The first kappa shape index (κ1) is 11.7. The topological polar surface area (TPSA) is 35.8 Å². The molecule has 0 spiro atoms. The van der Waals surface area contributed by atoms with Crippen molar-refractivity contribution in [2.24, 2.45) is 17.0 Å². The molecule has 1 aliphatic carbocycles. The largest absolute Gasteiger partial charge is 0.411 e. The van der Waals surface area contributed by atoms with Crippen LogP contribution in [-0.2, 0) is 6.54 Å². The van der Waals surface area contributed by atoms with Crippen LogP contribution in [0.2, 0.25) is 0 Å². The lowest BCUT2D eigenvalue weighted by Gasteiger charge is -2.24. The third-order valence-electron chi connectivity index (χ3n) is 4.33. The molecule has 1 saturated carbocycles. The van der Waals surface area contributed by atoms with Crippen LogP contribution in [0.25, 0.3) is 0 Å². The Balaban J connectivity index is 1.67. The number of oxime groups is 1. The molecule has 1 aliphatic heterocycles. The van der Waals surface area contributed by atoms with Crippen LogP contribution in [0.5, 0.6) is 0 Å². The SMILES string of the molecule is O/N=C1\CCC[C@H]2CN(Cc3ccccc3)C[C@@H]12. The van der Waals surface area contributed by atoms with E-state index in [9.17, 15) is 0 Å². The van der Waals surface area contributed by atoms with Gasteiger partial charge in [0.15, 0.2) is 0 Å². The summed E-state index contributed by atoms with van der Waals surface area (Å²) in [6.07, 6.45) is 3.45. The van der Waals surface area contributed by atoms with E-state index < -0.39 is 0 Å². The van der Waals surface area contributed by atoms with Crippen molar-refractivity contribution < 1.29 is 5.21 Å². The molecule has 3 rings (SSSR count). The van der Waals surface area contributed by atoms with E-state index in [-0.39, 0.29) is 0 Å². The fourth-order valence-electron chi connectivity index (χ4n) is 3.46. The van der Waals surface area contributed by atoms with Crippen LogP contribution < -0.4 is 0 Å². The summed E-state index contributed by atoms with van der Waals surface area (Å²) >= 11 is 0. The van der Waals surface area contributed by atoms with Crippen LogP contribution >= 0.6 is 0 Å². The van der Waals surface area contributed by atoms with Crippen LogP contribution in [0.1, 0.15) is 24.8 Å². The second-order valence-electron chi connectivity index (χ2n) is 5.53. The van der Waals surface area contributed by atoms with Crippen LogP contribution in [0.15, 0.2) is 35.5 Å². The number of likely N-dealkylation sites (tertiary alicyclic amines) is 1. The Labute approximate surface area is 108 Å². The molecule has 1 N–H and O–H groups in total. The Bertz CT molecular complexity index is 429.